The van der Waals surface area contributed by atoms with Crippen molar-refractivity contribution in [2.75, 3.05) is 27.1 Å². The molecule has 2 N–H and O–H groups in total. The number of halogens is 1. The van der Waals surface area contributed by atoms with E-state index in [2.05, 4.69) is 10.0 Å². The molecule has 1 amide bonds. The highest BCUT2D eigenvalue weighted by atomic mass is 35.5. The quantitative estimate of drug-likeness (QED) is 0.413. The Hall–Kier alpha value is -3.08. The summed E-state index contributed by atoms with van der Waals surface area (Å²) in [6.07, 6.45) is 1.03. The molecule has 0 fully saturated rings. The third kappa shape index (κ3) is 7.20. The second-order valence-electron chi connectivity index (χ2n) is 8.20. The maximum Gasteiger partial charge on any atom is 0.261 e. The van der Waals surface area contributed by atoms with E-state index < -0.39 is 32.5 Å². The van der Waals surface area contributed by atoms with Crippen LogP contribution >= 0.6 is 11.6 Å². The molecule has 0 radical (unpaired) electrons. The Kier molecular flexibility index (Phi) is 8.09. The zero-order valence-corrected chi connectivity index (χ0v) is 21.8. The lowest BCUT2D eigenvalue weighted by molar-refractivity contribution is -0.114. The van der Waals surface area contributed by atoms with Gasteiger partial charge in [0.25, 0.3) is 10.0 Å². The molecule has 3 aromatic carbocycles. The van der Waals surface area contributed by atoms with E-state index in [0.29, 0.717) is 22.1 Å². The van der Waals surface area contributed by atoms with Gasteiger partial charge >= 0.3 is 0 Å². The fourth-order valence-corrected chi connectivity index (χ4v) is 5.25. The van der Waals surface area contributed by atoms with Crippen molar-refractivity contribution >= 4 is 54.6 Å². The second-order valence-corrected chi connectivity index (χ2v) is 12.2. The summed E-state index contributed by atoms with van der Waals surface area (Å²) < 4.78 is 53.3. The number of nitrogens with zero attached hydrogens (tertiary/aromatic N) is 1. The predicted octanol–water partition coefficient (Wildman–Crippen LogP) is 4.67. The van der Waals surface area contributed by atoms with Crippen LogP contribution in [0.3, 0.4) is 0 Å². The molecule has 0 saturated carbocycles. The standard InChI is InChI=1S/C24H26ClN3O5S2/c1-17(2)18-4-12-22(13-5-18)28(34(3,30)31)16-24(29)26-20-10-14-23(15-11-20)35(32,33)27-21-8-6-19(25)7-9-21/h4-15,17,27H,16H2,1-3H3,(H,26,29). The predicted molar refractivity (Wildman–Crippen MR) is 140 cm³/mol. The van der Waals surface area contributed by atoms with Crippen molar-refractivity contribution in [1.82, 2.24) is 0 Å². The Morgan fingerprint density at radius 2 is 1.40 bits per heavy atom. The molecule has 0 aromatic heterocycles. The van der Waals surface area contributed by atoms with Crippen molar-refractivity contribution in [1.29, 1.82) is 0 Å². The Labute approximate surface area is 211 Å². The number of anilines is 3. The summed E-state index contributed by atoms with van der Waals surface area (Å²) in [6.45, 7) is 3.63. The van der Waals surface area contributed by atoms with Crippen LogP contribution in [-0.2, 0) is 24.8 Å². The Morgan fingerprint density at radius 1 is 0.857 bits per heavy atom. The van der Waals surface area contributed by atoms with Gasteiger partial charge < -0.3 is 5.32 Å². The highest BCUT2D eigenvalue weighted by Crippen LogP contribution is 2.23. The van der Waals surface area contributed by atoms with E-state index in [9.17, 15) is 21.6 Å². The molecular formula is C24H26ClN3O5S2. The average molecular weight is 536 g/mol. The fraction of sp³-hybridized carbons (Fsp3) is 0.208. The monoisotopic (exact) mass is 535 g/mol. The molecule has 3 rings (SSSR count). The summed E-state index contributed by atoms with van der Waals surface area (Å²) in [5.41, 5.74) is 2.10. The minimum atomic E-state index is -3.85. The van der Waals surface area contributed by atoms with Gasteiger partial charge in [-0.15, -0.1) is 0 Å². The van der Waals surface area contributed by atoms with Gasteiger partial charge in [-0.3, -0.25) is 13.8 Å². The number of benzene rings is 3. The molecule has 0 aliphatic heterocycles. The summed E-state index contributed by atoms with van der Waals surface area (Å²) in [4.78, 5) is 12.6. The number of rotatable bonds is 9. The lowest BCUT2D eigenvalue weighted by Gasteiger charge is -2.22. The average Bonchev–Trinajstić information content (AvgIpc) is 2.78. The van der Waals surface area contributed by atoms with E-state index >= 15 is 0 Å². The SMILES string of the molecule is CC(C)c1ccc(N(CC(=O)Nc2ccc(S(=O)(=O)Nc3ccc(Cl)cc3)cc2)S(C)(=O)=O)cc1. The van der Waals surface area contributed by atoms with Crippen molar-refractivity contribution in [3.05, 3.63) is 83.4 Å². The van der Waals surface area contributed by atoms with Crippen molar-refractivity contribution in [3.63, 3.8) is 0 Å². The Morgan fingerprint density at radius 3 is 1.91 bits per heavy atom. The molecular weight excluding hydrogens is 510 g/mol. The van der Waals surface area contributed by atoms with Crippen LogP contribution in [0.5, 0.6) is 0 Å². The van der Waals surface area contributed by atoms with Gasteiger partial charge in [-0.25, -0.2) is 16.8 Å². The topological polar surface area (TPSA) is 113 Å². The largest absolute Gasteiger partial charge is 0.325 e. The first kappa shape index (κ1) is 26.5. The van der Waals surface area contributed by atoms with Gasteiger partial charge in [0.1, 0.15) is 6.54 Å². The lowest BCUT2D eigenvalue weighted by atomic mass is 10.0. The zero-order chi connectivity index (χ0) is 25.8. The van der Waals surface area contributed by atoms with E-state index in [4.69, 9.17) is 11.6 Å². The fourth-order valence-electron chi connectivity index (χ4n) is 3.21. The maximum absolute atomic E-state index is 12.6. The summed E-state index contributed by atoms with van der Waals surface area (Å²) in [7, 11) is -7.57. The third-order valence-electron chi connectivity index (χ3n) is 5.08. The van der Waals surface area contributed by atoms with E-state index in [1.165, 1.54) is 24.3 Å². The molecule has 186 valence electrons. The summed E-state index contributed by atoms with van der Waals surface area (Å²) in [5, 5.41) is 3.09. The number of carbonyl (C=O) groups is 1. The first-order valence-electron chi connectivity index (χ1n) is 10.6. The van der Waals surface area contributed by atoms with Gasteiger partial charge in [0.2, 0.25) is 15.9 Å². The van der Waals surface area contributed by atoms with Crippen LogP contribution in [0.4, 0.5) is 17.1 Å². The smallest absolute Gasteiger partial charge is 0.261 e. The minimum Gasteiger partial charge on any atom is -0.325 e. The van der Waals surface area contributed by atoms with Crippen LogP contribution in [-0.4, -0.2) is 35.5 Å². The Bertz CT molecular complexity index is 1390. The molecule has 8 nitrogen and oxygen atoms in total. The van der Waals surface area contributed by atoms with E-state index in [-0.39, 0.29) is 10.8 Å². The van der Waals surface area contributed by atoms with Crippen molar-refractivity contribution < 1.29 is 21.6 Å². The number of carbonyl (C=O) groups excluding carboxylic acids is 1. The molecule has 0 unspecified atom stereocenters. The Balaban J connectivity index is 1.70. The normalized spacial score (nSPS) is 11.8. The van der Waals surface area contributed by atoms with Gasteiger partial charge in [-0.1, -0.05) is 37.6 Å². The van der Waals surface area contributed by atoms with Crippen LogP contribution in [0.2, 0.25) is 5.02 Å². The minimum absolute atomic E-state index is 0.00606. The zero-order valence-electron chi connectivity index (χ0n) is 19.4. The van der Waals surface area contributed by atoms with Crippen molar-refractivity contribution in [2.45, 2.75) is 24.7 Å². The number of hydrogen-bond donors (Lipinski definition) is 2. The van der Waals surface area contributed by atoms with Crippen LogP contribution in [0.15, 0.2) is 77.7 Å². The molecule has 0 atom stereocenters. The molecule has 0 aliphatic carbocycles. The second kappa shape index (κ2) is 10.7. The number of amides is 1. The van der Waals surface area contributed by atoms with Gasteiger partial charge in [0.15, 0.2) is 0 Å². The highest BCUT2D eigenvalue weighted by Gasteiger charge is 2.21. The number of nitrogens with one attached hydrogen (secondary N) is 2. The van der Waals surface area contributed by atoms with Crippen molar-refractivity contribution in [2.24, 2.45) is 0 Å². The highest BCUT2D eigenvalue weighted by molar-refractivity contribution is 7.92. The van der Waals surface area contributed by atoms with Gasteiger partial charge in [-0.05, 0) is 72.1 Å². The van der Waals surface area contributed by atoms with Crippen molar-refractivity contribution in [3.8, 4) is 0 Å². The molecule has 0 aliphatic rings. The molecule has 0 bridgehead atoms. The van der Waals surface area contributed by atoms with Gasteiger partial charge in [-0.2, -0.15) is 0 Å². The summed E-state index contributed by atoms with van der Waals surface area (Å²) in [5.74, 6) is -0.287. The number of sulfonamides is 2. The molecule has 3 aromatic rings. The van der Waals surface area contributed by atoms with E-state index in [0.717, 1.165) is 16.1 Å². The third-order valence-corrected chi connectivity index (χ3v) is 7.87. The van der Waals surface area contributed by atoms with Gasteiger partial charge in [0, 0.05) is 16.4 Å². The summed E-state index contributed by atoms with van der Waals surface area (Å²) in [6, 6.07) is 18.7. The van der Waals surface area contributed by atoms with Crippen LogP contribution < -0.4 is 14.3 Å². The van der Waals surface area contributed by atoms with E-state index in [1.807, 2.05) is 26.0 Å². The van der Waals surface area contributed by atoms with Crippen LogP contribution in [0, 0.1) is 0 Å². The molecule has 35 heavy (non-hydrogen) atoms. The van der Waals surface area contributed by atoms with Crippen LogP contribution in [0.1, 0.15) is 25.3 Å². The first-order valence-corrected chi connectivity index (χ1v) is 14.3. The van der Waals surface area contributed by atoms with E-state index in [1.54, 1.807) is 36.4 Å². The van der Waals surface area contributed by atoms with Gasteiger partial charge in [0.05, 0.1) is 16.8 Å². The number of hydrogen-bond acceptors (Lipinski definition) is 5. The lowest BCUT2D eigenvalue weighted by Crippen LogP contribution is -2.37. The molecule has 0 heterocycles. The van der Waals surface area contributed by atoms with Crippen LogP contribution in [0.25, 0.3) is 0 Å². The maximum atomic E-state index is 12.6. The molecule has 0 spiro atoms. The molecule has 0 saturated heterocycles. The molecule has 11 heteroatoms. The summed E-state index contributed by atoms with van der Waals surface area (Å²) >= 11 is 5.82. The first-order chi connectivity index (χ1) is 16.3.